The second-order valence-corrected chi connectivity index (χ2v) is 13.5. The summed E-state index contributed by atoms with van der Waals surface area (Å²) in [6.45, 7) is 10.2. The monoisotopic (exact) mass is 574 g/mol. The number of aromatic nitrogens is 3. The molecule has 0 spiro atoms. The van der Waals surface area contributed by atoms with Crippen LogP contribution in [0.25, 0.3) is 33.3 Å². The van der Waals surface area contributed by atoms with Gasteiger partial charge in [0.05, 0.1) is 11.9 Å². The van der Waals surface area contributed by atoms with E-state index in [-0.39, 0.29) is 11.9 Å². The molecule has 0 bridgehead atoms. The fourth-order valence-electron chi connectivity index (χ4n) is 6.30. The number of hydrogen-bond donors (Lipinski definition) is 2. The van der Waals surface area contributed by atoms with Crippen LogP contribution in [0.1, 0.15) is 23.4 Å². The number of likely N-dealkylation sites (tertiary alicyclic amines) is 1. The standard InChI is InChI=1S/C31H38N6O3S/c1-21-16-26(17-22(2)33-21)31-23(3)28-6-4-24(18-29(28)34-31)25-5-7-30(32-19-25)36-10-12-37(13-11-36)41(39,40)27-8-9-35(20-27)14-15-38/h4-7,16-19,27,34,38H,8-15,20H2,1-3H3. The number of aryl methyl sites for hydroxylation is 3. The van der Waals surface area contributed by atoms with Gasteiger partial charge in [-0.25, -0.2) is 13.4 Å². The Morgan fingerprint density at radius 2 is 1.66 bits per heavy atom. The molecule has 1 atom stereocenters. The number of hydrogen-bond acceptors (Lipinski definition) is 7. The number of aromatic amines is 1. The second kappa shape index (κ2) is 11.2. The van der Waals surface area contributed by atoms with Crippen molar-refractivity contribution in [3.05, 3.63) is 65.6 Å². The van der Waals surface area contributed by atoms with E-state index in [4.69, 9.17) is 4.98 Å². The predicted molar refractivity (Wildman–Crippen MR) is 164 cm³/mol. The highest BCUT2D eigenvalue weighted by Crippen LogP contribution is 2.33. The van der Waals surface area contributed by atoms with Crippen molar-refractivity contribution >= 4 is 26.7 Å². The van der Waals surface area contributed by atoms with Crippen LogP contribution in [0.15, 0.2) is 48.7 Å². The highest BCUT2D eigenvalue weighted by Gasteiger charge is 2.38. The maximum absolute atomic E-state index is 13.2. The quantitative estimate of drug-likeness (QED) is 0.347. The van der Waals surface area contributed by atoms with Gasteiger partial charge in [-0.1, -0.05) is 12.1 Å². The predicted octanol–water partition coefficient (Wildman–Crippen LogP) is 3.74. The third-order valence-corrected chi connectivity index (χ3v) is 10.8. The van der Waals surface area contributed by atoms with E-state index in [1.54, 1.807) is 4.31 Å². The highest BCUT2D eigenvalue weighted by atomic mass is 32.2. The number of benzene rings is 1. The Kier molecular flexibility index (Phi) is 7.58. The smallest absolute Gasteiger partial charge is 0.218 e. The number of nitrogens with one attached hydrogen (secondary N) is 1. The van der Waals surface area contributed by atoms with Gasteiger partial charge in [-0.05, 0) is 75.2 Å². The summed E-state index contributed by atoms with van der Waals surface area (Å²) in [6.07, 6.45) is 2.53. The molecule has 2 saturated heterocycles. The van der Waals surface area contributed by atoms with E-state index in [9.17, 15) is 13.5 Å². The van der Waals surface area contributed by atoms with Gasteiger partial charge >= 0.3 is 0 Å². The largest absolute Gasteiger partial charge is 0.395 e. The molecule has 2 aliphatic heterocycles. The van der Waals surface area contributed by atoms with E-state index in [1.807, 2.05) is 31.0 Å². The summed E-state index contributed by atoms with van der Waals surface area (Å²) in [5, 5.41) is 9.99. The maximum atomic E-state index is 13.2. The number of H-pyrrole nitrogens is 1. The molecule has 2 fully saturated rings. The molecule has 41 heavy (non-hydrogen) atoms. The van der Waals surface area contributed by atoms with Gasteiger partial charge in [0.1, 0.15) is 5.82 Å². The summed E-state index contributed by atoms with van der Waals surface area (Å²) in [7, 11) is -3.35. The van der Waals surface area contributed by atoms with Gasteiger partial charge in [0, 0.05) is 84.6 Å². The molecule has 1 aromatic carbocycles. The minimum Gasteiger partial charge on any atom is -0.395 e. The molecule has 6 rings (SSSR count). The summed E-state index contributed by atoms with van der Waals surface area (Å²) >= 11 is 0. The van der Waals surface area contributed by atoms with E-state index in [1.165, 1.54) is 10.9 Å². The fraction of sp³-hybridized carbons (Fsp3) is 0.419. The molecule has 3 aromatic heterocycles. The van der Waals surface area contributed by atoms with Crippen LogP contribution < -0.4 is 4.90 Å². The first-order valence-electron chi connectivity index (χ1n) is 14.3. The van der Waals surface area contributed by atoms with E-state index >= 15 is 0 Å². The topological polar surface area (TPSA) is 106 Å². The van der Waals surface area contributed by atoms with Crippen molar-refractivity contribution in [3.63, 3.8) is 0 Å². The Hall–Kier alpha value is -3.31. The van der Waals surface area contributed by atoms with E-state index in [0.717, 1.165) is 51.7 Å². The molecule has 9 nitrogen and oxygen atoms in total. The number of anilines is 1. The maximum Gasteiger partial charge on any atom is 0.218 e. The zero-order valence-electron chi connectivity index (χ0n) is 24.0. The van der Waals surface area contributed by atoms with Crippen molar-refractivity contribution in [1.29, 1.82) is 0 Å². The van der Waals surface area contributed by atoms with Gasteiger partial charge in [-0.3, -0.25) is 9.88 Å². The van der Waals surface area contributed by atoms with Gasteiger partial charge in [0.15, 0.2) is 0 Å². The van der Waals surface area contributed by atoms with Crippen molar-refractivity contribution in [2.24, 2.45) is 0 Å². The minimum atomic E-state index is -3.35. The summed E-state index contributed by atoms with van der Waals surface area (Å²) in [5.41, 5.74) is 8.72. The number of rotatable bonds is 7. The van der Waals surface area contributed by atoms with Crippen LogP contribution in [-0.4, -0.2) is 95.4 Å². The van der Waals surface area contributed by atoms with Crippen LogP contribution in [0.4, 0.5) is 5.82 Å². The Morgan fingerprint density at radius 1 is 0.927 bits per heavy atom. The molecule has 216 valence electrons. The number of β-amino-alcohol motifs (C(OH)–C–C–N with tert-alkyl or cyclic N) is 1. The van der Waals surface area contributed by atoms with Gasteiger partial charge in [0.2, 0.25) is 10.0 Å². The van der Waals surface area contributed by atoms with Crippen molar-refractivity contribution in [3.8, 4) is 22.4 Å². The number of nitrogens with zero attached hydrogens (tertiary/aromatic N) is 5. The van der Waals surface area contributed by atoms with Crippen LogP contribution in [0.3, 0.4) is 0 Å². The average molecular weight is 575 g/mol. The molecule has 0 radical (unpaired) electrons. The summed E-state index contributed by atoms with van der Waals surface area (Å²) in [5.74, 6) is 0.864. The lowest BCUT2D eigenvalue weighted by Crippen LogP contribution is -2.51. The Bertz CT molecular complexity index is 1640. The molecule has 2 aliphatic rings. The van der Waals surface area contributed by atoms with Crippen molar-refractivity contribution in [2.45, 2.75) is 32.4 Å². The Balaban J connectivity index is 1.14. The lowest BCUT2D eigenvalue weighted by Gasteiger charge is -2.36. The normalized spacial score (nSPS) is 18.9. The molecular weight excluding hydrogens is 536 g/mol. The summed E-state index contributed by atoms with van der Waals surface area (Å²) in [6, 6.07) is 14.8. The van der Waals surface area contributed by atoms with Gasteiger partial charge in [-0.15, -0.1) is 0 Å². The lowest BCUT2D eigenvalue weighted by molar-refractivity contribution is 0.221. The van der Waals surface area contributed by atoms with E-state index in [0.29, 0.717) is 45.7 Å². The molecule has 10 heteroatoms. The second-order valence-electron chi connectivity index (χ2n) is 11.3. The third kappa shape index (κ3) is 5.49. The summed E-state index contributed by atoms with van der Waals surface area (Å²) < 4.78 is 28.1. The first-order valence-corrected chi connectivity index (χ1v) is 15.8. The molecular formula is C31H38N6O3S. The van der Waals surface area contributed by atoms with Crippen molar-refractivity contribution in [1.82, 2.24) is 24.2 Å². The number of aliphatic hydroxyl groups is 1. The molecule has 0 saturated carbocycles. The van der Waals surface area contributed by atoms with Crippen LogP contribution in [0.2, 0.25) is 0 Å². The number of pyridine rings is 2. The van der Waals surface area contributed by atoms with Crippen molar-refractivity contribution in [2.75, 3.05) is 57.3 Å². The van der Waals surface area contributed by atoms with Crippen molar-refractivity contribution < 1.29 is 13.5 Å². The van der Waals surface area contributed by atoms with Crippen LogP contribution in [0, 0.1) is 20.8 Å². The van der Waals surface area contributed by atoms with Gasteiger partial charge in [0.25, 0.3) is 0 Å². The Labute approximate surface area is 241 Å². The van der Waals surface area contributed by atoms with Crippen LogP contribution in [0.5, 0.6) is 0 Å². The Morgan fingerprint density at radius 3 is 2.34 bits per heavy atom. The number of sulfonamides is 1. The lowest BCUT2D eigenvalue weighted by atomic mass is 10.0. The number of piperazine rings is 1. The molecule has 5 heterocycles. The first kappa shape index (κ1) is 27.8. The molecule has 4 aromatic rings. The SMILES string of the molecule is Cc1cc(-c2[nH]c3cc(-c4ccc(N5CCN(S(=O)(=O)C6CCN(CCO)C6)CC5)nc4)ccc3c2C)cc(C)n1. The molecule has 1 unspecified atom stereocenters. The van der Waals surface area contributed by atoms with E-state index < -0.39 is 10.0 Å². The molecule has 0 aliphatic carbocycles. The zero-order valence-corrected chi connectivity index (χ0v) is 24.8. The number of fused-ring (bicyclic) bond motifs is 1. The number of aliphatic hydroxyl groups excluding tert-OH is 1. The highest BCUT2D eigenvalue weighted by molar-refractivity contribution is 7.89. The zero-order chi connectivity index (χ0) is 28.7. The average Bonchev–Trinajstić information content (AvgIpc) is 3.58. The minimum absolute atomic E-state index is 0.0598. The van der Waals surface area contributed by atoms with Gasteiger partial charge in [-0.2, -0.15) is 4.31 Å². The molecule has 2 N–H and O–H groups in total. The third-order valence-electron chi connectivity index (χ3n) is 8.50. The first-order chi connectivity index (χ1) is 19.7. The molecule has 0 amide bonds. The van der Waals surface area contributed by atoms with Crippen LogP contribution >= 0.6 is 0 Å². The summed E-state index contributed by atoms with van der Waals surface area (Å²) in [4.78, 5) is 17.1. The van der Waals surface area contributed by atoms with E-state index in [2.05, 4.69) is 58.2 Å². The van der Waals surface area contributed by atoms with Crippen LogP contribution in [-0.2, 0) is 10.0 Å². The van der Waals surface area contributed by atoms with Gasteiger partial charge < -0.3 is 15.0 Å². The fourth-order valence-corrected chi connectivity index (χ4v) is 8.19.